The molecule has 1 amide bonds. The zero-order valence-corrected chi connectivity index (χ0v) is 13.2. The molecule has 0 aliphatic heterocycles. The summed E-state index contributed by atoms with van der Waals surface area (Å²) < 4.78 is 0. The Morgan fingerprint density at radius 3 is 2.30 bits per heavy atom. The summed E-state index contributed by atoms with van der Waals surface area (Å²) in [5, 5.41) is 11.7. The van der Waals surface area contributed by atoms with E-state index in [9.17, 15) is 9.59 Å². The molecule has 0 aromatic rings. The molecule has 0 aromatic heterocycles. The van der Waals surface area contributed by atoms with Gasteiger partial charge in [0.05, 0.1) is 0 Å². The smallest absolute Gasteiger partial charge is 0.303 e. The zero-order valence-electron chi connectivity index (χ0n) is 13.2. The highest BCUT2D eigenvalue weighted by Crippen LogP contribution is 2.32. The second kappa shape index (κ2) is 8.95. The van der Waals surface area contributed by atoms with Crippen LogP contribution in [0.15, 0.2) is 0 Å². The fraction of sp³-hybridized carbons (Fsp3) is 0.867. The number of hydrogen-bond acceptors (Lipinski definition) is 3. The first-order chi connectivity index (χ1) is 9.16. The van der Waals surface area contributed by atoms with Crippen molar-refractivity contribution in [2.75, 3.05) is 6.54 Å². The minimum absolute atomic E-state index is 0.0229. The van der Waals surface area contributed by atoms with E-state index in [4.69, 9.17) is 10.8 Å². The molecule has 0 aliphatic carbocycles. The highest BCUT2D eigenvalue weighted by Gasteiger charge is 2.24. The Balaban J connectivity index is 4.14. The molecule has 0 saturated heterocycles. The SMILES string of the molecule is CCC(N)CC(=O)NCCC(CCC(=O)O)C(C)(C)C. The van der Waals surface area contributed by atoms with Crippen LogP contribution < -0.4 is 11.1 Å². The van der Waals surface area contributed by atoms with Crippen LogP contribution in [-0.2, 0) is 9.59 Å². The Bertz CT molecular complexity index is 311. The van der Waals surface area contributed by atoms with Crippen molar-refractivity contribution in [3.63, 3.8) is 0 Å². The molecule has 0 heterocycles. The molecule has 0 fully saturated rings. The molecule has 0 saturated carbocycles. The lowest BCUT2D eigenvalue weighted by Crippen LogP contribution is -2.33. The molecule has 2 unspecified atom stereocenters. The van der Waals surface area contributed by atoms with Crippen LogP contribution >= 0.6 is 0 Å². The average molecular weight is 286 g/mol. The number of aliphatic carboxylic acids is 1. The van der Waals surface area contributed by atoms with Gasteiger partial charge in [-0.25, -0.2) is 0 Å². The first-order valence-electron chi connectivity index (χ1n) is 7.40. The van der Waals surface area contributed by atoms with E-state index in [1.165, 1.54) is 0 Å². The van der Waals surface area contributed by atoms with Gasteiger partial charge in [0, 0.05) is 25.4 Å². The summed E-state index contributed by atoms with van der Waals surface area (Å²) in [6, 6.07) is -0.0829. The molecule has 0 aliphatic rings. The highest BCUT2D eigenvalue weighted by atomic mass is 16.4. The molecule has 0 spiro atoms. The van der Waals surface area contributed by atoms with Crippen LogP contribution in [0.2, 0.25) is 0 Å². The Hall–Kier alpha value is -1.10. The lowest BCUT2D eigenvalue weighted by Gasteiger charge is -2.30. The molecule has 5 nitrogen and oxygen atoms in total. The molecule has 20 heavy (non-hydrogen) atoms. The van der Waals surface area contributed by atoms with E-state index in [-0.39, 0.29) is 29.7 Å². The zero-order chi connectivity index (χ0) is 15.8. The van der Waals surface area contributed by atoms with Gasteiger partial charge in [-0.3, -0.25) is 9.59 Å². The summed E-state index contributed by atoms with van der Waals surface area (Å²) >= 11 is 0. The van der Waals surface area contributed by atoms with Crippen LogP contribution in [0.1, 0.15) is 59.8 Å². The van der Waals surface area contributed by atoms with Crippen LogP contribution in [0.3, 0.4) is 0 Å². The van der Waals surface area contributed by atoms with Crippen molar-refractivity contribution in [1.29, 1.82) is 0 Å². The van der Waals surface area contributed by atoms with Crippen LogP contribution in [0, 0.1) is 11.3 Å². The molecule has 118 valence electrons. The van der Waals surface area contributed by atoms with Crippen LogP contribution in [0.4, 0.5) is 0 Å². The summed E-state index contributed by atoms with van der Waals surface area (Å²) in [5.74, 6) is -0.513. The molecule has 5 heteroatoms. The Labute approximate surface area is 122 Å². The van der Waals surface area contributed by atoms with Gasteiger partial charge in [-0.2, -0.15) is 0 Å². The minimum atomic E-state index is -0.766. The predicted molar refractivity (Wildman–Crippen MR) is 80.3 cm³/mol. The van der Waals surface area contributed by atoms with Crippen LogP contribution in [0.5, 0.6) is 0 Å². The molecule has 4 N–H and O–H groups in total. The van der Waals surface area contributed by atoms with Crippen molar-refractivity contribution in [2.45, 2.75) is 65.8 Å². The summed E-state index contributed by atoms with van der Waals surface area (Å²) in [4.78, 5) is 22.3. The summed E-state index contributed by atoms with van der Waals surface area (Å²) in [6.07, 6.45) is 2.76. The highest BCUT2D eigenvalue weighted by molar-refractivity contribution is 5.76. The number of amides is 1. The predicted octanol–water partition coefficient (Wildman–Crippen LogP) is 2.15. The van der Waals surface area contributed by atoms with Crippen molar-refractivity contribution >= 4 is 11.9 Å². The molecule has 0 rings (SSSR count). The monoisotopic (exact) mass is 286 g/mol. The Morgan fingerprint density at radius 1 is 1.25 bits per heavy atom. The molecule has 0 radical (unpaired) electrons. The van der Waals surface area contributed by atoms with Gasteiger partial charge in [0.2, 0.25) is 5.91 Å². The summed E-state index contributed by atoms with van der Waals surface area (Å²) in [5.41, 5.74) is 5.77. The fourth-order valence-corrected chi connectivity index (χ4v) is 2.15. The van der Waals surface area contributed by atoms with Gasteiger partial charge in [0.1, 0.15) is 0 Å². The normalized spacial score (nSPS) is 14.7. The van der Waals surface area contributed by atoms with Crippen molar-refractivity contribution in [3.05, 3.63) is 0 Å². The van der Waals surface area contributed by atoms with Crippen molar-refractivity contribution < 1.29 is 14.7 Å². The number of hydrogen-bond donors (Lipinski definition) is 3. The minimum Gasteiger partial charge on any atom is -0.481 e. The number of nitrogens with two attached hydrogens (primary N) is 1. The number of carboxylic acid groups (broad SMARTS) is 1. The third-order valence-corrected chi connectivity index (χ3v) is 3.72. The molecule has 2 atom stereocenters. The van der Waals surface area contributed by atoms with Gasteiger partial charge in [-0.05, 0) is 30.6 Å². The molecular formula is C15H30N2O3. The molecule has 0 aromatic carbocycles. The van der Waals surface area contributed by atoms with E-state index >= 15 is 0 Å². The van der Waals surface area contributed by atoms with E-state index in [0.717, 1.165) is 12.8 Å². The fourth-order valence-electron chi connectivity index (χ4n) is 2.15. The van der Waals surface area contributed by atoms with Gasteiger partial charge in [-0.1, -0.05) is 27.7 Å². The summed E-state index contributed by atoms with van der Waals surface area (Å²) in [7, 11) is 0. The van der Waals surface area contributed by atoms with E-state index < -0.39 is 5.97 Å². The number of carbonyl (C=O) groups is 2. The summed E-state index contributed by atoms with van der Waals surface area (Å²) in [6.45, 7) is 8.85. The van der Waals surface area contributed by atoms with E-state index in [1.807, 2.05) is 6.92 Å². The number of carboxylic acids is 1. The lowest BCUT2D eigenvalue weighted by molar-refractivity contribution is -0.137. The number of nitrogens with one attached hydrogen (secondary N) is 1. The maximum Gasteiger partial charge on any atom is 0.303 e. The largest absolute Gasteiger partial charge is 0.481 e. The maximum atomic E-state index is 11.6. The van der Waals surface area contributed by atoms with Crippen molar-refractivity contribution in [3.8, 4) is 0 Å². The molecular weight excluding hydrogens is 256 g/mol. The van der Waals surface area contributed by atoms with E-state index in [1.54, 1.807) is 0 Å². The lowest BCUT2D eigenvalue weighted by atomic mass is 9.76. The second-order valence-corrected chi connectivity index (χ2v) is 6.51. The maximum absolute atomic E-state index is 11.6. The second-order valence-electron chi connectivity index (χ2n) is 6.51. The average Bonchev–Trinajstić information content (AvgIpc) is 2.31. The quantitative estimate of drug-likeness (QED) is 0.605. The number of rotatable bonds is 9. The van der Waals surface area contributed by atoms with Crippen molar-refractivity contribution in [2.24, 2.45) is 17.1 Å². The topological polar surface area (TPSA) is 92.4 Å². The van der Waals surface area contributed by atoms with Gasteiger partial charge in [-0.15, -0.1) is 0 Å². The Morgan fingerprint density at radius 2 is 1.85 bits per heavy atom. The first kappa shape index (κ1) is 18.9. The number of carbonyl (C=O) groups excluding carboxylic acids is 1. The third kappa shape index (κ3) is 8.91. The van der Waals surface area contributed by atoms with Crippen LogP contribution in [0.25, 0.3) is 0 Å². The van der Waals surface area contributed by atoms with E-state index in [2.05, 4.69) is 26.1 Å². The third-order valence-electron chi connectivity index (χ3n) is 3.72. The van der Waals surface area contributed by atoms with E-state index in [0.29, 0.717) is 19.4 Å². The van der Waals surface area contributed by atoms with Gasteiger partial charge in [0.25, 0.3) is 0 Å². The van der Waals surface area contributed by atoms with Crippen molar-refractivity contribution in [1.82, 2.24) is 5.32 Å². The molecule has 0 bridgehead atoms. The van der Waals surface area contributed by atoms with Gasteiger partial charge >= 0.3 is 5.97 Å². The first-order valence-corrected chi connectivity index (χ1v) is 7.40. The van der Waals surface area contributed by atoms with Gasteiger partial charge in [0.15, 0.2) is 0 Å². The van der Waals surface area contributed by atoms with Crippen LogP contribution in [-0.4, -0.2) is 29.6 Å². The Kier molecular flexibility index (Phi) is 8.46. The van der Waals surface area contributed by atoms with Gasteiger partial charge < -0.3 is 16.2 Å². The standard InChI is InChI=1S/C15H30N2O3/c1-5-12(16)10-13(18)17-9-8-11(15(2,3)4)6-7-14(19)20/h11-12H,5-10,16H2,1-4H3,(H,17,18)(H,19,20).